The van der Waals surface area contributed by atoms with Gasteiger partial charge in [-0.1, -0.05) is 13.8 Å². The third-order valence-corrected chi connectivity index (χ3v) is 4.47. The van der Waals surface area contributed by atoms with Crippen LogP contribution < -0.4 is 5.32 Å². The number of hydrogen-bond donors (Lipinski definition) is 1. The molecule has 0 aliphatic carbocycles. The first-order valence-corrected chi connectivity index (χ1v) is 7.18. The van der Waals surface area contributed by atoms with E-state index in [4.69, 9.17) is 11.6 Å². The van der Waals surface area contributed by atoms with E-state index in [1.807, 2.05) is 6.07 Å². The van der Waals surface area contributed by atoms with E-state index >= 15 is 0 Å². The van der Waals surface area contributed by atoms with Gasteiger partial charge in [0, 0.05) is 29.1 Å². The summed E-state index contributed by atoms with van der Waals surface area (Å²) < 4.78 is 1.11. The van der Waals surface area contributed by atoms with Crippen molar-refractivity contribution in [3.63, 3.8) is 0 Å². The van der Waals surface area contributed by atoms with E-state index < -0.39 is 0 Å². The van der Waals surface area contributed by atoms with Gasteiger partial charge >= 0.3 is 0 Å². The Kier molecular flexibility index (Phi) is 5.28. The normalized spacial score (nSPS) is 11.5. The first-order valence-electron chi connectivity index (χ1n) is 5.04. The maximum absolute atomic E-state index is 11.3. The smallest absolute Gasteiger partial charge is 0.221 e. The van der Waals surface area contributed by atoms with Crippen molar-refractivity contribution in [2.24, 2.45) is 0 Å². The van der Waals surface area contributed by atoms with Crippen molar-refractivity contribution >= 4 is 44.8 Å². The third kappa shape index (κ3) is 4.07. The average Bonchev–Trinajstić information content (AvgIpc) is 2.63. The predicted octanol–water partition coefficient (Wildman–Crippen LogP) is 3.53. The monoisotopic (exact) mass is 323 g/mol. The Balaban J connectivity index is 2.55. The molecule has 16 heavy (non-hydrogen) atoms. The van der Waals surface area contributed by atoms with Crippen LogP contribution in [0.15, 0.2) is 15.9 Å². The highest BCUT2D eigenvalue weighted by Gasteiger charge is 2.23. The predicted molar refractivity (Wildman–Crippen MR) is 73.4 cm³/mol. The summed E-state index contributed by atoms with van der Waals surface area (Å²) in [5.41, 5.74) is -0.0430. The van der Waals surface area contributed by atoms with Crippen LogP contribution in [0.1, 0.15) is 25.1 Å². The lowest BCUT2D eigenvalue weighted by molar-refractivity contribution is -0.120. The van der Waals surface area contributed by atoms with E-state index in [1.54, 1.807) is 11.3 Å². The molecule has 1 rings (SSSR count). The third-order valence-electron chi connectivity index (χ3n) is 2.29. The minimum atomic E-state index is -0.0430. The SMILES string of the molecule is CC(C)(CNC(=O)CCCl)c1ccc(Br)s1. The van der Waals surface area contributed by atoms with Gasteiger partial charge in [-0.25, -0.2) is 0 Å². The van der Waals surface area contributed by atoms with Gasteiger partial charge in [-0.3, -0.25) is 4.79 Å². The Morgan fingerprint density at radius 1 is 1.56 bits per heavy atom. The van der Waals surface area contributed by atoms with Gasteiger partial charge in [0.05, 0.1) is 3.79 Å². The van der Waals surface area contributed by atoms with Gasteiger partial charge < -0.3 is 5.32 Å². The van der Waals surface area contributed by atoms with Crippen LogP contribution in [0.4, 0.5) is 0 Å². The standard InChI is InChI=1S/C11H15BrClNOS/c1-11(2,7-14-10(15)5-6-13)8-3-4-9(12)16-8/h3-4H,5-7H2,1-2H3,(H,14,15). The van der Waals surface area contributed by atoms with Crippen LogP contribution >= 0.6 is 38.9 Å². The van der Waals surface area contributed by atoms with Crippen LogP contribution in [0.5, 0.6) is 0 Å². The Morgan fingerprint density at radius 3 is 2.75 bits per heavy atom. The van der Waals surface area contributed by atoms with Crippen LogP contribution in [0.3, 0.4) is 0 Å². The van der Waals surface area contributed by atoms with Gasteiger partial charge in [-0.05, 0) is 28.1 Å². The van der Waals surface area contributed by atoms with E-state index in [0.717, 1.165) is 3.79 Å². The number of amides is 1. The van der Waals surface area contributed by atoms with Crippen LogP contribution in [0.25, 0.3) is 0 Å². The molecule has 2 nitrogen and oxygen atoms in total. The molecule has 0 fully saturated rings. The van der Waals surface area contributed by atoms with Crippen molar-refractivity contribution in [1.29, 1.82) is 0 Å². The molecule has 0 aliphatic heterocycles. The topological polar surface area (TPSA) is 29.1 Å². The molecule has 1 heterocycles. The van der Waals surface area contributed by atoms with E-state index in [9.17, 15) is 4.79 Å². The molecule has 0 bridgehead atoms. The summed E-state index contributed by atoms with van der Waals surface area (Å²) in [6.45, 7) is 4.87. The number of hydrogen-bond acceptors (Lipinski definition) is 2. The van der Waals surface area contributed by atoms with Crippen LogP contribution in [0, 0.1) is 0 Å². The summed E-state index contributed by atoms with van der Waals surface area (Å²) in [7, 11) is 0. The minimum absolute atomic E-state index is 0.0127. The van der Waals surface area contributed by atoms with Crippen LogP contribution in [-0.4, -0.2) is 18.3 Å². The second-order valence-electron chi connectivity index (χ2n) is 4.20. The van der Waals surface area contributed by atoms with E-state index in [2.05, 4.69) is 41.2 Å². The van der Waals surface area contributed by atoms with Crippen molar-refractivity contribution in [1.82, 2.24) is 5.32 Å². The zero-order chi connectivity index (χ0) is 12.2. The average molecular weight is 325 g/mol. The number of halogens is 2. The summed E-state index contributed by atoms with van der Waals surface area (Å²) in [5, 5.41) is 2.90. The molecular weight excluding hydrogens is 310 g/mol. The van der Waals surface area contributed by atoms with Crippen LogP contribution in [-0.2, 0) is 10.2 Å². The largest absolute Gasteiger partial charge is 0.355 e. The van der Waals surface area contributed by atoms with Gasteiger partial charge in [-0.2, -0.15) is 0 Å². The first-order chi connectivity index (χ1) is 7.45. The molecule has 1 N–H and O–H groups in total. The second-order valence-corrected chi connectivity index (χ2v) is 7.04. The summed E-state index contributed by atoms with van der Waals surface area (Å²) in [5.74, 6) is 0.385. The number of carbonyl (C=O) groups excluding carboxylic acids is 1. The molecule has 0 spiro atoms. The lowest BCUT2D eigenvalue weighted by atomic mass is 9.91. The highest BCUT2D eigenvalue weighted by atomic mass is 79.9. The fourth-order valence-corrected chi connectivity index (χ4v) is 2.92. The summed E-state index contributed by atoms with van der Waals surface area (Å²) >= 11 is 10.6. The lowest BCUT2D eigenvalue weighted by Gasteiger charge is -2.23. The molecule has 5 heteroatoms. The highest BCUT2D eigenvalue weighted by molar-refractivity contribution is 9.11. The van der Waals surface area contributed by atoms with Crippen molar-refractivity contribution in [2.45, 2.75) is 25.7 Å². The molecule has 1 aromatic heterocycles. The number of thiophene rings is 1. The van der Waals surface area contributed by atoms with Crippen molar-refractivity contribution in [3.05, 3.63) is 20.8 Å². The van der Waals surface area contributed by atoms with Crippen molar-refractivity contribution in [2.75, 3.05) is 12.4 Å². The highest BCUT2D eigenvalue weighted by Crippen LogP contribution is 2.32. The van der Waals surface area contributed by atoms with Gasteiger partial charge in [0.15, 0.2) is 0 Å². The molecule has 0 saturated heterocycles. The fraction of sp³-hybridized carbons (Fsp3) is 0.545. The summed E-state index contributed by atoms with van der Waals surface area (Å²) in [6.07, 6.45) is 0.381. The molecule has 0 radical (unpaired) electrons. The molecule has 0 unspecified atom stereocenters. The minimum Gasteiger partial charge on any atom is -0.355 e. The van der Waals surface area contributed by atoms with E-state index in [0.29, 0.717) is 18.8 Å². The fourth-order valence-electron chi connectivity index (χ4n) is 1.26. The Bertz CT molecular complexity index is 365. The molecule has 0 aliphatic rings. The summed E-state index contributed by atoms with van der Waals surface area (Å²) in [6, 6.07) is 4.12. The zero-order valence-electron chi connectivity index (χ0n) is 9.35. The Labute approximate surface area is 114 Å². The van der Waals surface area contributed by atoms with Gasteiger partial charge in [0.2, 0.25) is 5.91 Å². The molecule has 1 aromatic rings. The second kappa shape index (κ2) is 6.03. The Hall–Kier alpha value is -0.0600. The maximum atomic E-state index is 11.3. The molecular formula is C11H15BrClNOS. The lowest BCUT2D eigenvalue weighted by Crippen LogP contribution is -2.36. The van der Waals surface area contributed by atoms with Crippen molar-refractivity contribution < 1.29 is 4.79 Å². The van der Waals surface area contributed by atoms with Gasteiger partial charge in [-0.15, -0.1) is 22.9 Å². The van der Waals surface area contributed by atoms with Crippen molar-refractivity contribution in [3.8, 4) is 0 Å². The number of rotatable bonds is 5. The maximum Gasteiger partial charge on any atom is 0.221 e. The van der Waals surface area contributed by atoms with E-state index in [-0.39, 0.29) is 11.3 Å². The summed E-state index contributed by atoms with van der Waals surface area (Å²) in [4.78, 5) is 12.6. The molecule has 0 saturated carbocycles. The number of carbonyl (C=O) groups is 1. The van der Waals surface area contributed by atoms with Gasteiger partial charge in [0.1, 0.15) is 0 Å². The first kappa shape index (κ1) is 14.0. The quantitative estimate of drug-likeness (QED) is 0.825. The zero-order valence-corrected chi connectivity index (χ0v) is 12.5. The van der Waals surface area contributed by atoms with Crippen LogP contribution in [0.2, 0.25) is 0 Å². The van der Waals surface area contributed by atoms with Gasteiger partial charge in [0.25, 0.3) is 0 Å². The van der Waals surface area contributed by atoms with E-state index in [1.165, 1.54) is 4.88 Å². The molecule has 0 aromatic carbocycles. The number of alkyl halides is 1. The Morgan fingerprint density at radius 2 is 2.25 bits per heavy atom. The number of nitrogens with one attached hydrogen (secondary N) is 1. The molecule has 0 atom stereocenters. The molecule has 1 amide bonds. The molecule has 90 valence electrons.